The standard InChI is InChI=1S/C10H20ClNO/c1-4-5-6-9(3)12-10(13)8(2)7-11/h8-9H,4-7H2,1-3H3,(H,12,13). The predicted molar refractivity (Wildman–Crippen MR) is 57.0 cm³/mol. The van der Waals surface area contributed by atoms with Crippen molar-refractivity contribution in [3.8, 4) is 0 Å². The lowest BCUT2D eigenvalue weighted by atomic mass is 10.1. The SMILES string of the molecule is CCCCC(C)NC(=O)C(C)CCl. The van der Waals surface area contributed by atoms with Crippen LogP contribution in [0.3, 0.4) is 0 Å². The van der Waals surface area contributed by atoms with Gasteiger partial charge in [-0.25, -0.2) is 0 Å². The van der Waals surface area contributed by atoms with Gasteiger partial charge in [-0.3, -0.25) is 4.79 Å². The van der Waals surface area contributed by atoms with Crippen molar-refractivity contribution < 1.29 is 4.79 Å². The summed E-state index contributed by atoms with van der Waals surface area (Å²) in [6.07, 6.45) is 3.39. The van der Waals surface area contributed by atoms with E-state index in [1.807, 2.05) is 13.8 Å². The number of carbonyl (C=O) groups is 1. The first-order valence-corrected chi connectivity index (χ1v) is 5.51. The molecule has 0 aromatic rings. The highest BCUT2D eigenvalue weighted by Gasteiger charge is 2.13. The first-order valence-electron chi connectivity index (χ1n) is 4.98. The van der Waals surface area contributed by atoms with Crippen LogP contribution in [0.5, 0.6) is 0 Å². The Morgan fingerprint density at radius 2 is 2.08 bits per heavy atom. The topological polar surface area (TPSA) is 29.1 Å². The maximum absolute atomic E-state index is 11.4. The van der Waals surface area contributed by atoms with E-state index in [-0.39, 0.29) is 17.9 Å². The molecule has 0 aliphatic carbocycles. The van der Waals surface area contributed by atoms with Crippen LogP contribution < -0.4 is 5.32 Å². The Morgan fingerprint density at radius 3 is 2.54 bits per heavy atom. The van der Waals surface area contributed by atoms with Gasteiger partial charge in [0.05, 0.1) is 0 Å². The van der Waals surface area contributed by atoms with Gasteiger partial charge in [0.15, 0.2) is 0 Å². The molecule has 1 N–H and O–H groups in total. The molecule has 78 valence electrons. The summed E-state index contributed by atoms with van der Waals surface area (Å²) in [5.74, 6) is 0.385. The van der Waals surface area contributed by atoms with Crippen LogP contribution in [-0.4, -0.2) is 17.8 Å². The van der Waals surface area contributed by atoms with Gasteiger partial charge in [-0.2, -0.15) is 0 Å². The lowest BCUT2D eigenvalue weighted by molar-refractivity contribution is -0.124. The maximum atomic E-state index is 11.4. The van der Waals surface area contributed by atoms with Gasteiger partial charge in [-0.1, -0.05) is 26.7 Å². The number of unbranched alkanes of at least 4 members (excludes halogenated alkanes) is 1. The molecule has 0 radical (unpaired) electrons. The minimum Gasteiger partial charge on any atom is -0.353 e. The second kappa shape index (κ2) is 7.19. The van der Waals surface area contributed by atoms with Gasteiger partial charge in [0.1, 0.15) is 0 Å². The van der Waals surface area contributed by atoms with Crippen LogP contribution in [0.4, 0.5) is 0 Å². The number of alkyl halides is 1. The van der Waals surface area contributed by atoms with Crippen molar-refractivity contribution >= 4 is 17.5 Å². The lowest BCUT2D eigenvalue weighted by Gasteiger charge is -2.15. The van der Waals surface area contributed by atoms with Crippen molar-refractivity contribution in [1.29, 1.82) is 0 Å². The van der Waals surface area contributed by atoms with E-state index in [1.54, 1.807) is 0 Å². The quantitative estimate of drug-likeness (QED) is 0.664. The summed E-state index contributed by atoms with van der Waals surface area (Å²) in [5, 5.41) is 2.94. The van der Waals surface area contributed by atoms with Gasteiger partial charge in [0.2, 0.25) is 5.91 Å². The summed E-state index contributed by atoms with van der Waals surface area (Å²) >= 11 is 5.57. The molecule has 0 rings (SSSR count). The Hall–Kier alpha value is -0.240. The van der Waals surface area contributed by atoms with E-state index in [1.165, 1.54) is 6.42 Å². The molecule has 0 aliphatic heterocycles. The number of rotatable bonds is 6. The molecule has 2 unspecified atom stereocenters. The highest BCUT2D eigenvalue weighted by Crippen LogP contribution is 2.02. The van der Waals surface area contributed by atoms with Crippen LogP contribution in [0.15, 0.2) is 0 Å². The molecule has 1 amide bonds. The summed E-state index contributed by atoms with van der Waals surface area (Å²) in [6.45, 7) is 6.03. The first kappa shape index (κ1) is 12.8. The summed E-state index contributed by atoms with van der Waals surface area (Å²) in [4.78, 5) is 11.4. The number of carbonyl (C=O) groups excluding carboxylic acids is 1. The number of amides is 1. The highest BCUT2D eigenvalue weighted by atomic mass is 35.5. The van der Waals surface area contributed by atoms with Crippen LogP contribution in [-0.2, 0) is 4.79 Å². The number of halogens is 1. The smallest absolute Gasteiger partial charge is 0.224 e. The average molecular weight is 206 g/mol. The molecule has 0 fully saturated rings. The summed E-state index contributed by atoms with van der Waals surface area (Å²) in [6, 6.07) is 0.276. The Labute approximate surface area is 86.0 Å². The zero-order valence-corrected chi connectivity index (χ0v) is 9.53. The normalized spacial score (nSPS) is 15.1. The van der Waals surface area contributed by atoms with Crippen molar-refractivity contribution in [2.45, 2.75) is 46.1 Å². The van der Waals surface area contributed by atoms with Gasteiger partial charge < -0.3 is 5.32 Å². The third-order valence-corrected chi connectivity index (χ3v) is 2.52. The number of hydrogen-bond donors (Lipinski definition) is 1. The van der Waals surface area contributed by atoms with Gasteiger partial charge in [-0.15, -0.1) is 11.6 Å². The van der Waals surface area contributed by atoms with Crippen LogP contribution in [0.2, 0.25) is 0 Å². The van der Waals surface area contributed by atoms with Crippen LogP contribution in [0.1, 0.15) is 40.0 Å². The fourth-order valence-corrected chi connectivity index (χ4v) is 1.18. The fourth-order valence-electron chi connectivity index (χ4n) is 1.04. The third-order valence-electron chi connectivity index (χ3n) is 2.06. The molecule has 0 bridgehead atoms. The Balaban J connectivity index is 3.64. The second-order valence-electron chi connectivity index (χ2n) is 3.61. The zero-order valence-electron chi connectivity index (χ0n) is 8.77. The summed E-state index contributed by atoms with van der Waals surface area (Å²) < 4.78 is 0. The van der Waals surface area contributed by atoms with Crippen LogP contribution in [0, 0.1) is 5.92 Å². The van der Waals surface area contributed by atoms with Crippen molar-refractivity contribution in [3.05, 3.63) is 0 Å². The molecule has 0 aliphatic rings. The molecular weight excluding hydrogens is 186 g/mol. The molecule has 0 aromatic carbocycles. The summed E-state index contributed by atoms with van der Waals surface area (Å²) in [7, 11) is 0. The molecule has 13 heavy (non-hydrogen) atoms. The fraction of sp³-hybridized carbons (Fsp3) is 0.900. The molecule has 0 saturated heterocycles. The van der Waals surface area contributed by atoms with E-state index < -0.39 is 0 Å². The molecule has 2 nitrogen and oxygen atoms in total. The van der Waals surface area contributed by atoms with Crippen LogP contribution >= 0.6 is 11.6 Å². The number of hydrogen-bond acceptors (Lipinski definition) is 1. The van der Waals surface area contributed by atoms with Gasteiger partial charge >= 0.3 is 0 Å². The van der Waals surface area contributed by atoms with E-state index in [2.05, 4.69) is 12.2 Å². The van der Waals surface area contributed by atoms with E-state index in [0.29, 0.717) is 5.88 Å². The molecule has 2 atom stereocenters. The highest BCUT2D eigenvalue weighted by molar-refractivity contribution is 6.19. The van der Waals surface area contributed by atoms with E-state index in [4.69, 9.17) is 11.6 Å². The first-order chi connectivity index (χ1) is 6.11. The van der Waals surface area contributed by atoms with Crippen molar-refractivity contribution in [2.75, 3.05) is 5.88 Å². The monoisotopic (exact) mass is 205 g/mol. The minimum atomic E-state index is -0.0780. The lowest BCUT2D eigenvalue weighted by Crippen LogP contribution is -2.36. The average Bonchev–Trinajstić information content (AvgIpc) is 2.13. The van der Waals surface area contributed by atoms with E-state index in [0.717, 1.165) is 12.8 Å². The Kier molecular flexibility index (Phi) is 7.06. The van der Waals surface area contributed by atoms with E-state index in [9.17, 15) is 4.79 Å². The zero-order chi connectivity index (χ0) is 10.3. The molecule has 0 heterocycles. The predicted octanol–water partition coefficient (Wildman–Crippen LogP) is 2.56. The molecule has 3 heteroatoms. The van der Waals surface area contributed by atoms with Gasteiger partial charge in [0, 0.05) is 17.8 Å². The number of nitrogens with one attached hydrogen (secondary N) is 1. The van der Waals surface area contributed by atoms with E-state index >= 15 is 0 Å². The molecule has 0 aromatic heterocycles. The van der Waals surface area contributed by atoms with Crippen LogP contribution in [0.25, 0.3) is 0 Å². The van der Waals surface area contributed by atoms with Crippen molar-refractivity contribution in [1.82, 2.24) is 5.32 Å². The van der Waals surface area contributed by atoms with Gasteiger partial charge in [-0.05, 0) is 13.3 Å². The second-order valence-corrected chi connectivity index (χ2v) is 3.92. The molecule has 0 spiro atoms. The van der Waals surface area contributed by atoms with Gasteiger partial charge in [0.25, 0.3) is 0 Å². The molecule has 0 saturated carbocycles. The summed E-state index contributed by atoms with van der Waals surface area (Å²) in [5.41, 5.74) is 0. The Morgan fingerprint density at radius 1 is 1.46 bits per heavy atom. The largest absolute Gasteiger partial charge is 0.353 e. The van der Waals surface area contributed by atoms with Crippen molar-refractivity contribution in [3.63, 3.8) is 0 Å². The third kappa shape index (κ3) is 5.92. The van der Waals surface area contributed by atoms with Crippen molar-refractivity contribution in [2.24, 2.45) is 5.92 Å². The maximum Gasteiger partial charge on any atom is 0.224 e. The minimum absolute atomic E-state index is 0.0682. The Bertz CT molecular complexity index is 150. The molecular formula is C10H20ClNO.